The summed E-state index contributed by atoms with van der Waals surface area (Å²) in [6, 6.07) is 0. The molecule has 1 saturated heterocycles. The molecule has 1 aliphatic heterocycles. The van der Waals surface area contributed by atoms with Crippen LogP contribution in [-0.2, 0) is 7.05 Å². The van der Waals surface area contributed by atoms with Gasteiger partial charge >= 0.3 is 6.09 Å². The lowest BCUT2D eigenvalue weighted by atomic mass is 10.4. The molecule has 7 nitrogen and oxygen atoms in total. The molecule has 1 aromatic heterocycles. The standard InChI is InChI=1S/C5H5BrN2O.C5H10N2O2/c1-8-3-4(6)7-2-5(8)9;8-5(9)7-3-1-6-2-4-7/h2-3H,1H3;6H,1-4H2,(H,8,9). The Morgan fingerprint density at radius 3 is 2.50 bits per heavy atom. The maximum Gasteiger partial charge on any atom is 0.407 e. The van der Waals surface area contributed by atoms with Gasteiger partial charge in [0.1, 0.15) is 4.60 Å². The molecule has 1 aromatic rings. The van der Waals surface area contributed by atoms with Crippen molar-refractivity contribution in [3.63, 3.8) is 0 Å². The van der Waals surface area contributed by atoms with Gasteiger partial charge in [0.15, 0.2) is 0 Å². The van der Waals surface area contributed by atoms with Crippen LogP contribution in [0.3, 0.4) is 0 Å². The highest BCUT2D eigenvalue weighted by atomic mass is 79.9. The van der Waals surface area contributed by atoms with Gasteiger partial charge in [-0.2, -0.15) is 0 Å². The largest absolute Gasteiger partial charge is 0.465 e. The molecule has 0 aromatic carbocycles. The second-order valence-corrected chi connectivity index (χ2v) is 4.49. The fraction of sp³-hybridized carbons (Fsp3) is 0.500. The molecule has 2 N–H and O–H groups in total. The van der Waals surface area contributed by atoms with Crippen molar-refractivity contribution in [2.75, 3.05) is 26.2 Å². The predicted octanol–water partition coefficient (Wildman–Crippen LogP) is 0.112. The van der Waals surface area contributed by atoms with Gasteiger partial charge in [0.2, 0.25) is 0 Å². The Kier molecular flexibility index (Phi) is 5.79. The van der Waals surface area contributed by atoms with E-state index >= 15 is 0 Å². The summed E-state index contributed by atoms with van der Waals surface area (Å²) < 4.78 is 2.13. The molecule has 2 rings (SSSR count). The van der Waals surface area contributed by atoms with Gasteiger partial charge in [0.05, 0.1) is 6.20 Å². The Hall–Kier alpha value is -1.41. The van der Waals surface area contributed by atoms with Crippen LogP contribution in [0.4, 0.5) is 4.79 Å². The fourth-order valence-electron chi connectivity index (χ4n) is 1.32. The second-order valence-electron chi connectivity index (χ2n) is 3.68. The molecule has 2 heterocycles. The van der Waals surface area contributed by atoms with Gasteiger partial charge in [-0.25, -0.2) is 9.78 Å². The smallest absolute Gasteiger partial charge is 0.407 e. The number of amides is 1. The minimum Gasteiger partial charge on any atom is -0.465 e. The molecule has 0 bridgehead atoms. The monoisotopic (exact) mass is 318 g/mol. The van der Waals surface area contributed by atoms with Crippen molar-refractivity contribution in [1.29, 1.82) is 0 Å². The number of nitrogens with zero attached hydrogens (tertiary/aromatic N) is 3. The topological polar surface area (TPSA) is 87.5 Å². The Labute approximate surface area is 113 Å². The minimum atomic E-state index is -0.809. The van der Waals surface area contributed by atoms with Gasteiger partial charge < -0.3 is 19.9 Å². The number of rotatable bonds is 0. The van der Waals surface area contributed by atoms with Gasteiger partial charge in [-0.15, -0.1) is 0 Å². The van der Waals surface area contributed by atoms with Crippen LogP contribution in [0.25, 0.3) is 0 Å². The first kappa shape index (κ1) is 14.7. The molecular formula is C10H15BrN4O3. The van der Waals surface area contributed by atoms with Crippen LogP contribution < -0.4 is 10.9 Å². The Morgan fingerprint density at radius 2 is 2.11 bits per heavy atom. The lowest BCUT2D eigenvalue weighted by molar-refractivity contribution is 0.139. The van der Waals surface area contributed by atoms with Crippen LogP contribution in [-0.4, -0.2) is 51.8 Å². The quantitative estimate of drug-likeness (QED) is 0.709. The molecule has 1 aliphatic rings. The highest BCUT2D eigenvalue weighted by molar-refractivity contribution is 9.10. The van der Waals surface area contributed by atoms with Crippen LogP contribution in [0.15, 0.2) is 21.8 Å². The van der Waals surface area contributed by atoms with E-state index in [1.807, 2.05) is 0 Å². The van der Waals surface area contributed by atoms with Gasteiger partial charge in [-0.05, 0) is 15.9 Å². The van der Waals surface area contributed by atoms with E-state index in [9.17, 15) is 9.59 Å². The van der Waals surface area contributed by atoms with E-state index in [2.05, 4.69) is 26.2 Å². The molecule has 0 atom stereocenters. The van der Waals surface area contributed by atoms with Crippen molar-refractivity contribution in [1.82, 2.24) is 19.8 Å². The van der Waals surface area contributed by atoms with Crippen molar-refractivity contribution in [2.24, 2.45) is 7.05 Å². The van der Waals surface area contributed by atoms with Crippen molar-refractivity contribution in [3.8, 4) is 0 Å². The van der Waals surface area contributed by atoms with Crippen molar-refractivity contribution < 1.29 is 9.90 Å². The molecule has 100 valence electrons. The minimum absolute atomic E-state index is 0.0989. The number of hydrogen-bond acceptors (Lipinski definition) is 4. The van der Waals surface area contributed by atoms with E-state index in [1.165, 1.54) is 15.7 Å². The summed E-state index contributed by atoms with van der Waals surface area (Å²) in [5.41, 5.74) is -0.0989. The maximum absolute atomic E-state index is 10.7. The molecule has 1 amide bonds. The summed E-state index contributed by atoms with van der Waals surface area (Å²) >= 11 is 3.13. The van der Waals surface area contributed by atoms with E-state index < -0.39 is 6.09 Å². The first-order valence-corrected chi connectivity index (χ1v) is 6.17. The molecule has 8 heteroatoms. The van der Waals surface area contributed by atoms with E-state index in [0.29, 0.717) is 17.7 Å². The van der Waals surface area contributed by atoms with Crippen LogP contribution in [0.2, 0.25) is 0 Å². The number of piperazine rings is 1. The summed E-state index contributed by atoms with van der Waals surface area (Å²) in [6.45, 7) is 2.81. The van der Waals surface area contributed by atoms with Crippen molar-refractivity contribution >= 4 is 22.0 Å². The molecule has 0 aliphatic carbocycles. The van der Waals surface area contributed by atoms with E-state index in [4.69, 9.17) is 5.11 Å². The summed E-state index contributed by atoms with van der Waals surface area (Å²) in [5.74, 6) is 0. The van der Waals surface area contributed by atoms with Gasteiger partial charge in [-0.1, -0.05) is 0 Å². The summed E-state index contributed by atoms with van der Waals surface area (Å²) in [5, 5.41) is 11.5. The highest BCUT2D eigenvalue weighted by Gasteiger charge is 2.13. The number of carbonyl (C=O) groups is 1. The second kappa shape index (κ2) is 7.12. The third-order valence-corrected chi connectivity index (χ3v) is 2.74. The normalized spacial score (nSPS) is 14.7. The molecule has 18 heavy (non-hydrogen) atoms. The lowest BCUT2D eigenvalue weighted by Crippen LogP contribution is -2.45. The maximum atomic E-state index is 10.7. The average Bonchev–Trinajstić information content (AvgIpc) is 2.36. The summed E-state index contributed by atoms with van der Waals surface area (Å²) in [7, 11) is 1.68. The first-order valence-electron chi connectivity index (χ1n) is 5.37. The third kappa shape index (κ3) is 4.84. The molecular weight excluding hydrogens is 304 g/mol. The number of hydrogen-bond donors (Lipinski definition) is 2. The highest BCUT2D eigenvalue weighted by Crippen LogP contribution is 1.98. The number of carboxylic acid groups (broad SMARTS) is 1. The summed E-state index contributed by atoms with van der Waals surface area (Å²) in [4.78, 5) is 26.0. The molecule has 0 saturated carbocycles. The van der Waals surface area contributed by atoms with Crippen LogP contribution in [0.1, 0.15) is 0 Å². The first-order chi connectivity index (χ1) is 8.50. The van der Waals surface area contributed by atoms with E-state index in [-0.39, 0.29) is 5.56 Å². The Bertz CT molecular complexity index is 457. The number of aromatic nitrogens is 2. The predicted molar refractivity (Wildman–Crippen MR) is 69.6 cm³/mol. The molecule has 0 spiro atoms. The summed E-state index contributed by atoms with van der Waals surface area (Å²) in [6.07, 6.45) is 2.07. The van der Waals surface area contributed by atoms with Crippen molar-refractivity contribution in [2.45, 2.75) is 0 Å². The zero-order valence-electron chi connectivity index (χ0n) is 9.97. The lowest BCUT2D eigenvalue weighted by Gasteiger charge is -2.23. The average molecular weight is 319 g/mol. The van der Waals surface area contributed by atoms with Crippen molar-refractivity contribution in [3.05, 3.63) is 27.4 Å². The van der Waals surface area contributed by atoms with Gasteiger partial charge in [0, 0.05) is 39.4 Å². The zero-order valence-corrected chi connectivity index (χ0v) is 11.6. The van der Waals surface area contributed by atoms with E-state index in [0.717, 1.165) is 13.1 Å². The number of aryl methyl sites for hydroxylation is 1. The number of nitrogens with one attached hydrogen (secondary N) is 1. The Morgan fingerprint density at radius 1 is 1.50 bits per heavy atom. The van der Waals surface area contributed by atoms with E-state index in [1.54, 1.807) is 13.2 Å². The van der Waals surface area contributed by atoms with Gasteiger partial charge in [-0.3, -0.25) is 4.79 Å². The number of halogens is 1. The molecule has 0 radical (unpaired) electrons. The fourth-order valence-corrected chi connectivity index (χ4v) is 1.73. The van der Waals surface area contributed by atoms with Crippen LogP contribution in [0, 0.1) is 0 Å². The van der Waals surface area contributed by atoms with Gasteiger partial charge in [0.25, 0.3) is 5.56 Å². The van der Waals surface area contributed by atoms with Crippen LogP contribution >= 0.6 is 15.9 Å². The zero-order chi connectivity index (χ0) is 13.5. The Balaban J connectivity index is 0.000000180. The molecule has 0 unspecified atom stereocenters. The van der Waals surface area contributed by atoms with Crippen LogP contribution in [0.5, 0.6) is 0 Å². The molecule has 1 fully saturated rings. The third-order valence-electron chi connectivity index (χ3n) is 2.33. The SMILES string of the molecule is Cn1cc(Br)ncc1=O.O=C(O)N1CCNCC1.